The number of allylic oxidation sites excluding steroid dienone is 1. The number of fused-ring (bicyclic) bond motifs is 5. The molecule has 6 rings (SSSR count). The van der Waals surface area contributed by atoms with Crippen LogP contribution in [-0.2, 0) is 15.3 Å². The summed E-state index contributed by atoms with van der Waals surface area (Å²) in [6.45, 7) is 0.749. The molecule has 1 amide bonds. The van der Waals surface area contributed by atoms with E-state index in [0.717, 1.165) is 44.3 Å². The predicted molar refractivity (Wildman–Crippen MR) is 117 cm³/mol. The highest BCUT2D eigenvalue weighted by Crippen LogP contribution is 2.59. The SMILES string of the molecule is O=C1[C@@H]2C[C@@H](c3ccccc3)CC[C@@H]2[C@]2(c3ccccc3)OC[C@@H]3CC=CC[C@@H]3N12. The summed E-state index contributed by atoms with van der Waals surface area (Å²) >= 11 is 0. The standard InChI is InChI=1S/C27H29NO2/c29-26-23-17-20(19-9-3-1-4-10-19)15-16-24(23)27(22-12-5-2-6-13-22)28(26)25-14-8-7-11-21(25)18-30-27/h1-10,12-13,20-21,23-25H,11,14-18H2/t20-,21-,23+,24-,25-,27-/m0/s1. The molecule has 0 radical (unpaired) electrons. The average Bonchev–Trinajstić information content (AvgIpc) is 3.09. The maximum atomic E-state index is 14.0. The van der Waals surface area contributed by atoms with E-state index in [-0.39, 0.29) is 17.9 Å². The Bertz CT molecular complexity index is 955. The minimum Gasteiger partial charge on any atom is -0.350 e. The van der Waals surface area contributed by atoms with Crippen LogP contribution in [0, 0.1) is 17.8 Å². The summed E-state index contributed by atoms with van der Waals surface area (Å²) in [5, 5.41) is 0. The quantitative estimate of drug-likeness (QED) is 0.646. The number of carbonyl (C=O) groups is 1. The van der Waals surface area contributed by atoms with Crippen molar-refractivity contribution >= 4 is 5.91 Å². The summed E-state index contributed by atoms with van der Waals surface area (Å²) in [6.07, 6.45) is 9.60. The van der Waals surface area contributed by atoms with E-state index in [1.807, 2.05) is 0 Å². The van der Waals surface area contributed by atoms with Gasteiger partial charge in [-0.1, -0.05) is 72.8 Å². The van der Waals surface area contributed by atoms with Gasteiger partial charge in [-0.2, -0.15) is 0 Å². The maximum Gasteiger partial charge on any atom is 0.228 e. The number of benzene rings is 2. The van der Waals surface area contributed by atoms with Gasteiger partial charge in [-0.15, -0.1) is 0 Å². The van der Waals surface area contributed by atoms with Crippen molar-refractivity contribution in [2.75, 3.05) is 6.61 Å². The number of ether oxygens (including phenoxy) is 1. The molecule has 2 aliphatic heterocycles. The van der Waals surface area contributed by atoms with Crippen LogP contribution in [0.2, 0.25) is 0 Å². The van der Waals surface area contributed by atoms with Gasteiger partial charge in [0.1, 0.15) is 0 Å². The van der Waals surface area contributed by atoms with Gasteiger partial charge in [-0.25, -0.2) is 0 Å². The molecule has 2 saturated heterocycles. The fourth-order valence-electron chi connectivity index (χ4n) is 6.75. The van der Waals surface area contributed by atoms with Crippen LogP contribution in [0.15, 0.2) is 72.8 Å². The lowest BCUT2D eigenvalue weighted by molar-refractivity contribution is -0.236. The lowest BCUT2D eigenvalue weighted by Crippen LogP contribution is -2.60. The van der Waals surface area contributed by atoms with Crippen LogP contribution in [-0.4, -0.2) is 23.5 Å². The Labute approximate surface area is 178 Å². The molecule has 0 bridgehead atoms. The third-order valence-electron chi connectivity index (χ3n) is 8.10. The highest BCUT2D eigenvalue weighted by atomic mass is 16.5. The summed E-state index contributed by atoms with van der Waals surface area (Å²) in [5.74, 6) is 1.50. The Morgan fingerprint density at radius 1 is 0.900 bits per heavy atom. The monoisotopic (exact) mass is 399 g/mol. The van der Waals surface area contributed by atoms with Crippen molar-refractivity contribution < 1.29 is 9.53 Å². The molecule has 0 unspecified atom stereocenters. The molecule has 2 heterocycles. The van der Waals surface area contributed by atoms with E-state index in [9.17, 15) is 4.79 Å². The first-order chi connectivity index (χ1) is 14.8. The Morgan fingerprint density at radius 3 is 2.43 bits per heavy atom. The minimum atomic E-state index is -0.586. The van der Waals surface area contributed by atoms with E-state index in [0.29, 0.717) is 17.7 Å². The van der Waals surface area contributed by atoms with Crippen molar-refractivity contribution in [2.45, 2.75) is 49.8 Å². The lowest BCUT2D eigenvalue weighted by Gasteiger charge is -2.53. The second-order valence-electron chi connectivity index (χ2n) is 9.49. The Hall–Kier alpha value is -2.39. The topological polar surface area (TPSA) is 29.5 Å². The molecular formula is C27H29NO2. The molecular weight excluding hydrogens is 370 g/mol. The van der Waals surface area contributed by atoms with Crippen molar-refractivity contribution in [1.29, 1.82) is 0 Å². The second-order valence-corrected chi connectivity index (χ2v) is 9.49. The number of rotatable bonds is 2. The molecule has 0 N–H and O–H groups in total. The van der Waals surface area contributed by atoms with Crippen molar-refractivity contribution in [2.24, 2.45) is 17.8 Å². The van der Waals surface area contributed by atoms with E-state index < -0.39 is 5.72 Å². The lowest BCUT2D eigenvalue weighted by atomic mass is 9.68. The summed E-state index contributed by atoms with van der Waals surface area (Å²) in [7, 11) is 0. The van der Waals surface area contributed by atoms with E-state index in [4.69, 9.17) is 4.74 Å². The first-order valence-electron chi connectivity index (χ1n) is 11.5. The van der Waals surface area contributed by atoms with Crippen LogP contribution in [0.1, 0.15) is 49.1 Å². The zero-order chi connectivity index (χ0) is 20.1. The molecule has 0 spiro atoms. The van der Waals surface area contributed by atoms with Crippen molar-refractivity contribution in [3.63, 3.8) is 0 Å². The minimum absolute atomic E-state index is 0.0498. The molecule has 3 heteroatoms. The van der Waals surface area contributed by atoms with Crippen LogP contribution in [0.25, 0.3) is 0 Å². The molecule has 2 aromatic carbocycles. The summed E-state index contributed by atoms with van der Waals surface area (Å²) in [5.41, 5.74) is 1.95. The number of amides is 1. The molecule has 2 aromatic rings. The first kappa shape index (κ1) is 18.4. The molecule has 6 atom stereocenters. The number of nitrogens with zero attached hydrogens (tertiary/aromatic N) is 1. The van der Waals surface area contributed by atoms with Crippen LogP contribution < -0.4 is 0 Å². The van der Waals surface area contributed by atoms with Crippen LogP contribution >= 0.6 is 0 Å². The van der Waals surface area contributed by atoms with Gasteiger partial charge >= 0.3 is 0 Å². The van der Waals surface area contributed by atoms with Gasteiger partial charge in [-0.05, 0) is 43.6 Å². The fraction of sp³-hybridized carbons (Fsp3) is 0.444. The number of hydrogen-bond acceptors (Lipinski definition) is 2. The van der Waals surface area contributed by atoms with E-state index in [2.05, 4.69) is 77.7 Å². The third-order valence-corrected chi connectivity index (χ3v) is 8.10. The molecule has 30 heavy (non-hydrogen) atoms. The average molecular weight is 400 g/mol. The Balaban J connectivity index is 1.43. The van der Waals surface area contributed by atoms with Gasteiger partial charge in [0.25, 0.3) is 0 Å². The van der Waals surface area contributed by atoms with Crippen LogP contribution in [0.3, 0.4) is 0 Å². The van der Waals surface area contributed by atoms with Gasteiger partial charge in [0, 0.05) is 29.4 Å². The summed E-state index contributed by atoms with van der Waals surface area (Å²) in [6, 6.07) is 21.6. The van der Waals surface area contributed by atoms with E-state index in [1.54, 1.807) is 0 Å². The van der Waals surface area contributed by atoms with Crippen LogP contribution in [0.4, 0.5) is 0 Å². The Morgan fingerprint density at radius 2 is 1.63 bits per heavy atom. The summed E-state index contributed by atoms with van der Waals surface area (Å²) < 4.78 is 6.80. The molecule has 2 aliphatic carbocycles. The second kappa shape index (κ2) is 7.09. The van der Waals surface area contributed by atoms with Crippen molar-refractivity contribution in [3.05, 3.63) is 83.9 Å². The van der Waals surface area contributed by atoms with Crippen molar-refractivity contribution in [1.82, 2.24) is 4.90 Å². The first-order valence-corrected chi connectivity index (χ1v) is 11.5. The van der Waals surface area contributed by atoms with E-state index in [1.165, 1.54) is 5.56 Å². The Kier molecular flexibility index (Phi) is 4.35. The molecule has 3 nitrogen and oxygen atoms in total. The largest absolute Gasteiger partial charge is 0.350 e. The van der Waals surface area contributed by atoms with Crippen LogP contribution in [0.5, 0.6) is 0 Å². The maximum absolute atomic E-state index is 14.0. The van der Waals surface area contributed by atoms with Gasteiger partial charge in [0.15, 0.2) is 5.72 Å². The highest BCUT2D eigenvalue weighted by molar-refractivity contribution is 5.84. The zero-order valence-corrected chi connectivity index (χ0v) is 17.3. The predicted octanol–water partition coefficient (Wildman–Crippen LogP) is 5.25. The molecule has 1 saturated carbocycles. The normalized spacial score (nSPS) is 37.4. The van der Waals surface area contributed by atoms with Crippen molar-refractivity contribution in [3.8, 4) is 0 Å². The molecule has 4 aliphatic rings. The number of carbonyl (C=O) groups excluding carboxylic acids is 1. The number of hydrogen-bond donors (Lipinski definition) is 0. The van der Waals surface area contributed by atoms with Gasteiger partial charge in [0.05, 0.1) is 6.61 Å². The van der Waals surface area contributed by atoms with Gasteiger partial charge < -0.3 is 9.64 Å². The van der Waals surface area contributed by atoms with Gasteiger partial charge in [-0.3, -0.25) is 4.79 Å². The molecule has 0 aromatic heterocycles. The third kappa shape index (κ3) is 2.58. The zero-order valence-electron chi connectivity index (χ0n) is 17.3. The smallest absolute Gasteiger partial charge is 0.228 e. The summed E-state index contributed by atoms with van der Waals surface area (Å²) in [4.78, 5) is 16.2. The molecule has 3 fully saturated rings. The highest BCUT2D eigenvalue weighted by Gasteiger charge is 2.65. The van der Waals surface area contributed by atoms with Gasteiger partial charge in [0.2, 0.25) is 5.91 Å². The fourth-order valence-corrected chi connectivity index (χ4v) is 6.75. The molecule has 154 valence electrons. The van der Waals surface area contributed by atoms with E-state index >= 15 is 0 Å².